The van der Waals surface area contributed by atoms with Gasteiger partial charge in [0.2, 0.25) is 0 Å². The second kappa shape index (κ2) is 6.01. The zero-order valence-electron chi connectivity index (χ0n) is 9.49. The lowest BCUT2D eigenvalue weighted by Crippen LogP contribution is -2.14. The van der Waals surface area contributed by atoms with Crippen LogP contribution < -0.4 is 4.74 Å². The first-order valence-corrected chi connectivity index (χ1v) is 5.59. The number of pyridine rings is 1. The molecule has 1 aromatic heterocycles. The maximum atomic E-state index is 9.36. The number of hydrogen-bond acceptors (Lipinski definition) is 3. The molecular formula is C14H15NO2. The molecule has 2 aromatic rings. The molecule has 0 saturated heterocycles. The normalized spacial score (nSPS) is 12.1. The molecule has 0 aliphatic heterocycles. The Morgan fingerprint density at radius 2 is 1.76 bits per heavy atom. The minimum Gasteiger partial charge on any atom is -0.493 e. The number of para-hydroxylation sites is 1. The molecule has 1 aromatic carbocycles. The van der Waals surface area contributed by atoms with E-state index in [1.165, 1.54) is 0 Å². The van der Waals surface area contributed by atoms with Crippen LogP contribution in [0.2, 0.25) is 0 Å². The monoisotopic (exact) mass is 229 g/mol. The highest BCUT2D eigenvalue weighted by molar-refractivity contribution is 5.22. The molecule has 88 valence electrons. The van der Waals surface area contributed by atoms with Crippen LogP contribution in [0.3, 0.4) is 0 Å². The zero-order valence-corrected chi connectivity index (χ0v) is 9.49. The summed E-state index contributed by atoms with van der Waals surface area (Å²) in [4.78, 5) is 3.96. The van der Waals surface area contributed by atoms with E-state index in [1.807, 2.05) is 42.5 Å². The van der Waals surface area contributed by atoms with Gasteiger partial charge in [0.25, 0.3) is 0 Å². The van der Waals surface area contributed by atoms with E-state index in [4.69, 9.17) is 4.74 Å². The number of aromatic nitrogens is 1. The van der Waals surface area contributed by atoms with Crippen LogP contribution in [0.4, 0.5) is 0 Å². The maximum Gasteiger partial charge on any atom is 0.119 e. The Kier molecular flexibility index (Phi) is 4.11. The third-order valence-corrected chi connectivity index (χ3v) is 2.59. The molecule has 1 N–H and O–H groups in total. The van der Waals surface area contributed by atoms with Gasteiger partial charge in [0.1, 0.15) is 5.75 Å². The summed E-state index contributed by atoms with van der Waals surface area (Å²) in [7, 11) is 0. The molecule has 3 nitrogen and oxygen atoms in total. The van der Waals surface area contributed by atoms with Crippen LogP contribution in [-0.4, -0.2) is 23.3 Å². The highest BCUT2D eigenvalue weighted by atomic mass is 16.5. The second-order valence-corrected chi connectivity index (χ2v) is 3.78. The maximum absolute atomic E-state index is 9.36. The van der Waals surface area contributed by atoms with E-state index in [0.29, 0.717) is 6.61 Å². The van der Waals surface area contributed by atoms with Crippen molar-refractivity contribution in [3.8, 4) is 5.75 Å². The molecule has 0 bridgehead atoms. The number of aliphatic hydroxyl groups is 1. The van der Waals surface area contributed by atoms with Crippen molar-refractivity contribution in [2.75, 3.05) is 13.2 Å². The van der Waals surface area contributed by atoms with Gasteiger partial charge in [-0.3, -0.25) is 4.98 Å². The molecule has 0 aliphatic rings. The third kappa shape index (κ3) is 3.29. The van der Waals surface area contributed by atoms with E-state index in [1.54, 1.807) is 12.4 Å². The third-order valence-electron chi connectivity index (χ3n) is 2.59. The number of aliphatic hydroxyl groups excluding tert-OH is 1. The standard InChI is InChI=1S/C14H15NO2/c16-10-13(12-6-8-15-9-7-12)11-17-14-4-2-1-3-5-14/h1-9,13,16H,10-11H2. The predicted molar refractivity (Wildman–Crippen MR) is 66.0 cm³/mol. The van der Waals surface area contributed by atoms with Gasteiger partial charge in [0.05, 0.1) is 13.2 Å². The quantitative estimate of drug-likeness (QED) is 0.855. The van der Waals surface area contributed by atoms with Gasteiger partial charge in [-0.15, -0.1) is 0 Å². The first-order chi connectivity index (χ1) is 8.40. The molecule has 0 saturated carbocycles. The summed E-state index contributed by atoms with van der Waals surface area (Å²) in [5.74, 6) is 0.804. The average Bonchev–Trinajstić information content (AvgIpc) is 2.42. The SMILES string of the molecule is OCC(COc1ccccc1)c1ccncc1. The van der Waals surface area contributed by atoms with E-state index in [0.717, 1.165) is 11.3 Å². The number of ether oxygens (including phenoxy) is 1. The summed E-state index contributed by atoms with van der Waals surface area (Å²) in [6, 6.07) is 13.4. The fourth-order valence-electron chi connectivity index (χ4n) is 1.60. The molecule has 0 amide bonds. The van der Waals surface area contributed by atoms with Crippen LogP contribution in [-0.2, 0) is 0 Å². The summed E-state index contributed by atoms with van der Waals surface area (Å²) in [5.41, 5.74) is 1.04. The zero-order chi connectivity index (χ0) is 11.9. The van der Waals surface area contributed by atoms with Crippen molar-refractivity contribution >= 4 is 0 Å². The summed E-state index contributed by atoms with van der Waals surface area (Å²) in [5, 5.41) is 9.36. The summed E-state index contributed by atoms with van der Waals surface area (Å²) < 4.78 is 5.63. The molecule has 2 rings (SSSR count). The van der Waals surface area contributed by atoms with Gasteiger partial charge in [0.15, 0.2) is 0 Å². The smallest absolute Gasteiger partial charge is 0.119 e. The number of nitrogens with zero attached hydrogens (tertiary/aromatic N) is 1. The average molecular weight is 229 g/mol. The molecule has 17 heavy (non-hydrogen) atoms. The fraction of sp³-hybridized carbons (Fsp3) is 0.214. The van der Waals surface area contributed by atoms with Crippen molar-refractivity contribution in [2.45, 2.75) is 5.92 Å². The molecular weight excluding hydrogens is 214 g/mol. The van der Waals surface area contributed by atoms with Crippen LogP contribution in [0.25, 0.3) is 0 Å². The number of rotatable bonds is 5. The van der Waals surface area contributed by atoms with Gasteiger partial charge in [0, 0.05) is 18.3 Å². The lowest BCUT2D eigenvalue weighted by Gasteiger charge is -2.15. The van der Waals surface area contributed by atoms with Crippen LogP contribution >= 0.6 is 0 Å². The molecule has 0 radical (unpaired) electrons. The molecule has 0 aliphatic carbocycles. The topological polar surface area (TPSA) is 42.4 Å². The van der Waals surface area contributed by atoms with Crippen molar-refractivity contribution in [3.63, 3.8) is 0 Å². The first-order valence-electron chi connectivity index (χ1n) is 5.59. The van der Waals surface area contributed by atoms with Crippen LogP contribution in [0, 0.1) is 0 Å². The van der Waals surface area contributed by atoms with E-state index >= 15 is 0 Å². The lowest BCUT2D eigenvalue weighted by molar-refractivity contribution is 0.205. The Balaban J connectivity index is 1.97. The second-order valence-electron chi connectivity index (χ2n) is 3.78. The van der Waals surface area contributed by atoms with Crippen LogP contribution in [0.15, 0.2) is 54.9 Å². The fourth-order valence-corrected chi connectivity index (χ4v) is 1.60. The van der Waals surface area contributed by atoms with Gasteiger partial charge >= 0.3 is 0 Å². The Morgan fingerprint density at radius 3 is 2.41 bits per heavy atom. The van der Waals surface area contributed by atoms with Crippen LogP contribution in [0.1, 0.15) is 11.5 Å². The van der Waals surface area contributed by atoms with E-state index in [9.17, 15) is 5.11 Å². The van der Waals surface area contributed by atoms with Crippen LogP contribution in [0.5, 0.6) is 5.75 Å². The molecule has 3 heteroatoms. The lowest BCUT2D eigenvalue weighted by atomic mass is 10.0. The highest BCUT2D eigenvalue weighted by Crippen LogP contribution is 2.17. The molecule has 0 fully saturated rings. The van der Waals surface area contributed by atoms with E-state index in [2.05, 4.69) is 4.98 Å². The first kappa shape index (κ1) is 11.6. The Labute approximate surface area is 101 Å². The molecule has 0 spiro atoms. The number of hydrogen-bond donors (Lipinski definition) is 1. The van der Waals surface area contributed by atoms with Crippen molar-refractivity contribution in [1.29, 1.82) is 0 Å². The van der Waals surface area contributed by atoms with Gasteiger partial charge in [-0.25, -0.2) is 0 Å². The Hall–Kier alpha value is -1.87. The van der Waals surface area contributed by atoms with Gasteiger partial charge in [-0.1, -0.05) is 18.2 Å². The van der Waals surface area contributed by atoms with Crippen molar-refractivity contribution < 1.29 is 9.84 Å². The van der Waals surface area contributed by atoms with Crippen molar-refractivity contribution in [3.05, 3.63) is 60.4 Å². The summed E-state index contributed by atoms with van der Waals surface area (Å²) >= 11 is 0. The molecule has 1 atom stereocenters. The summed E-state index contributed by atoms with van der Waals surface area (Å²) in [6.45, 7) is 0.529. The van der Waals surface area contributed by atoms with Crippen molar-refractivity contribution in [1.82, 2.24) is 4.98 Å². The minimum atomic E-state index is -0.0155. The van der Waals surface area contributed by atoms with E-state index < -0.39 is 0 Å². The highest BCUT2D eigenvalue weighted by Gasteiger charge is 2.10. The molecule has 1 heterocycles. The minimum absolute atomic E-state index is 0.0155. The predicted octanol–water partition coefficient (Wildman–Crippen LogP) is 2.24. The molecule has 1 unspecified atom stereocenters. The Bertz CT molecular complexity index is 430. The van der Waals surface area contributed by atoms with Gasteiger partial charge in [-0.2, -0.15) is 0 Å². The van der Waals surface area contributed by atoms with Crippen molar-refractivity contribution in [2.24, 2.45) is 0 Å². The number of benzene rings is 1. The van der Waals surface area contributed by atoms with E-state index in [-0.39, 0.29) is 12.5 Å². The van der Waals surface area contributed by atoms with Gasteiger partial charge < -0.3 is 9.84 Å². The Morgan fingerprint density at radius 1 is 1.06 bits per heavy atom. The van der Waals surface area contributed by atoms with Gasteiger partial charge in [-0.05, 0) is 29.8 Å². The summed E-state index contributed by atoms with van der Waals surface area (Å²) in [6.07, 6.45) is 3.45. The largest absolute Gasteiger partial charge is 0.493 e.